The molecular weight excluding hydrogens is 272 g/mol. The predicted molar refractivity (Wildman–Crippen MR) is 70.1 cm³/mol. The number of carbonyl (C=O) groups excluding carboxylic acids is 1. The molecule has 5 heteroatoms. The Kier molecular flexibility index (Phi) is 4.40. The van der Waals surface area contributed by atoms with Gasteiger partial charge in [0.2, 0.25) is 5.91 Å². The van der Waals surface area contributed by atoms with E-state index in [0.717, 1.165) is 31.4 Å². The second-order valence-corrected chi connectivity index (χ2v) is 5.47. The van der Waals surface area contributed by atoms with Crippen LogP contribution in [0, 0.1) is 17.0 Å². The van der Waals surface area contributed by atoms with Crippen LogP contribution < -0.4 is 5.32 Å². The minimum atomic E-state index is -0.683. The number of alkyl halides is 1. The van der Waals surface area contributed by atoms with Crippen LogP contribution in [0.25, 0.3) is 0 Å². The van der Waals surface area contributed by atoms with Crippen molar-refractivity contribution in [2.24, 2.45) is 5.41 Å². The average Bonchev–Trinajstić information content (AvgIpc) is 3.13. The number of hydrogen-bond acceptors (Lipinski definition) is 1. The molecule has 0 spiro atoms. The molecule has 1 fully saturated rings. The van der Waals surface area contributed by atoms with Gasteiger partial charge in [-0.05, 0) is 36.8 Å². The van der Waals surface area contributed by atoms with Gasteiger partial charge < -0.3 is 5.32 Å². The van der Waals surface area contributed by atoms with Gasteiger partial charge in [0.25, 0.3) is 0 Å². The van der Waals surface area contributed by atoms with E-state index in [-0.39, 0.29) is 23.3 Å². The third-order valence-electron chi connectivity index (χ3n) is 3.64. The highest BCUT2D eigenvalue weighted by molar-refractivity contribution is 6.17. The first-order chi connectivity index (χ1) is 9.06. The Morgan fingerprint density at radius 1 is 1.32 bits per heavy atom. The van der Waals surface area contributed by atoms with Crippen LogP contribution in [0.3, 0.4) is 0 Å². The summed E-state index contributed by atoms with van der Waals surface area (Å²) in [6.07, 6.45) is 2.69. The quantitative estimate of drug-likeness (QED) is 0.801. The van der Waals surface area contributed by atoms with Crippen molar-refractivity contribution >= 4 is 17.5 Å². The minimum Gasteiger partial charge on any atom is -0.355 e. The maximum atomic E-state index is 13.4. The second kappa shape index (κ2) is 5.87. The van der Waals surface area contributed by atoms with Crippen molar-refractivity contribution in [3.63, 3.8) is 0 Å². The van der Waals surface area contributed by atoms with Gasteiger partial charge in [0.05, 0.1) is 6.42 Å². The van der Waals surface area contributed by atoms with Gasteiger partial charge in [-0.3, -0.25) is 4.79 Å². The summed E-state index contributed by atoms with van der Waals surface area (Å²) in [6, 6.07) is 3.59. The molecule has 0 aromatic heterocycles. The molecule has 0 heterocycles. The maximum Gasteiger partial charge on any atom is 0.224 e. The molecule has 1 saturated carbocycles. The molecule has 0 aliphatic heterocycles. The summed E-state index contributed by atoms with van der Waals surface area (Å²) in [5, 5.41) is 2.74. The smallest absolute Gasteiger partial charge is 0.224 e. The molecular formula is C14H16ClF2NO. The molecule has 1 N–H and O–H groups in total. The van der Waals surface area contributed by atoms with Gasteiger partial charge in [-0.15, -0.1) is 11.6 Å². The van der Waals surface area contributed by atoms with E-state index in [1.54, 1.807) is 0 Å². The Balaban J connectivity index is 1.88. The fourth-order valence-electron chi connectivity index (χ4n) is 2.10. The normalized spacial score (nSPS) is 16.2. The van der Waals surface area contributed by atoms with Gasteiger partial charge in [-0.2, -0.15) is 0 Å². The summed E-state index contributed by atoms with van der Waals surface area (Å²) >= 11 is 5.70. The van der Waals surface area contributed by atoms with Crippen LogP contribution >= 0.6 is 11.6 Å². The van der Waals surface area contributed by atoms with Crippen molar-refractivity contribution < 1.29 is 13.6 Å². The number of amides is 1. The summed E-state index contributed by atoms with van der Waals surface area (Å²) in [7, 11) is 0. The van der Waals surface area contributed by atoms with E-state index in [4.69, 9.17) is 11.6 Å². The van der Waals surface area contributed by atoms with Crippen molar-refractivity contribution in [3.8, 4) is 0 Å². The molecule has 1 aromatic carbocycles. The SMILES string of the molecule is O=C(Cc1c(F)cccc1F)NCC1(CCCl)CC1. The number of rotatable bonds is 6. The number of carbonyl (C=O) groups is 1. The Morgan fingerprint density at radius 3 is 2.47 bits per heavy atom. The fourth-order valence-corrected chi connectivity index (χ4v) is 2.50. The van der Waals surface area contributed by atoms with Crippen LogP contribution in [0.5, 0.6) is 0 Å². The van der Waals surface area contributed by atoms with E-state index < -0.39 is 11.6 Å². The monoisotopic (exact) mass is 287 g/mol. The van der Waals surface area contributed by atoms with Gasteiger partial charge in [-0.25, -0.2) is 8.78 Å². The number of benzene rings is 1. The molecule has 1 aliphatic rings. The van der Waals surface area contributed by atoms with Gasteiger partial charge in [0, 0.05) is 18.0 Å². The fraction of sp³-hybridized carbons (Fsp3) is 0.500. The van der Waals surface area contributed by atoms with Crippen LogP contribution in [0.2, 0.25) is 0 Å². The number of hydrogen-bond donors (Lipinski definition) is 1. The molecule has 19 heavy (non-hydrogen) atoms. The second-order valence-electron chi connectivity index (χ2n) is 5.09. The molecule has 0 atom stereocenters. The summed E-state index contributed by atoms with van der Waals surface area (Å²) in [6.45, 7) is 0.536. The molecule has 1 aliphatic carbocycles. The first kappa shape index (κ1) is 14.3. The highest BCUT2D eigenvalue weighted by Gasteiger charge is 2.41. The Hall–Kier alpha value is -1.16. The number of nitrogens with one attached hydrogen (secondary N) is 1. The van der Waals surface area contributed by atoms with Crippen molar-refractivity contribution in [3.05, 3.63) is 35.4 Å². The van der Waals surface area contributed by atoms with E-state index in [1.165, 1.54) is 6.07 Å². The largest absolute Gasteiger partial charge is 0.355 e. The lowest BCUT2D eigenvalue weighted by molar-refractivity contribution is -0.120. The van der Waals surface area contributed by atoms with Gasteiger partial charge in [0.15, 0.2) is 0 Å². The number of halogens is 3. The van der Waals surface area contributed by atoms with Gasteiger partial charge in [0.1, 0.15) is 11.6 Å². The average molecular weight is 288 g/mol. The van der Waals surface area contributed by atoms with Crippen molar-refractivity contribution in [1.29, 1.82) is 0 Å². The molecule has 0 radical (unpaired) electrons. The Morgan fingerprint density at radius 2 is 1.95 bits per heavy atom. The lowest BCUT2D eigenvalue weighted by atomic mass is 10.0. The van der Waals surface area contributed by atoms with Crippen LogP contribution in [0.4, 0.5) is 8.78 Å². The van der Waals surface area contributed by atoms with E-state index in [0.29, 0.717) is 12.4 Å². The standard InChI is InChI=1S/C14H16ClF2NO/c15-7-6-14(4-5-14)9-18-13(19)8-10-11(16)2-1-3-12(10)17/h1-3H,4-9H2,(H,18,19). The first-order valence-electron chi connectivity index (χ1n) is 6.32. The summed E-state index contributed by atoms with van der Waals surface area (Å²) in [4.78, 5) is 11.7. The molecule has 2 nitrogen and oxygen atoms in total. The minimum absolute atomic E-state index is 0.116. The predicted octanol–water partition coefficient (Wildman–Crippen LogP) is 3.03. The molecule has 1 aromatic rings. The van der Waals surface area contributed by atoms with Crippen LogP contribution in [0.1, 0.15) is 24.8 Å². The molecule has 0 saturated heterocycles. The molecule has 1 amide bonds. The van der Waals surface area contributed by atoms with E-state index in [9.17, 15) is 13.6 Å². The summed E-state index contributed by atoms with van der Waals surface area (Å²) < 4.78 is 26.8. The van der Waals surface area contributed by atoms with Crippen LogP contribution in [0.15, 0.2) is 18.2 Å². The highest BCUT2D eigenvalue weighted by atomic mass is 35.5. The molecule has 2 rings (SSSR count). The lowest BCUT2D eigenvalue weighted by Crippen LogP contribution is -2.32. The first-order valence-corrected chi connectivity index (χ1v) is 6.85. The Labute approximate surface area is 116 Å². The zero-order valence-corrected chi connectivity index (χ0v) is 11.3. The zero-order chi connectivity index (χ0) is 13.9. The van der Waals surface area contributed by atoms with E-state index in [1.807, 2.05) is 0 Å². The lowest BCUT2D eigenvalue weighted by Gasteiger charge is -2.14. The van der Waals surface area contributed by atoms with Crippen LogP contribution in [-0.4, -0.2) is 18.3 Å². The highest BCUT2D eigenvalue weighted by Crippen LogP contribution is 2.48. The molecule has 0 unspecified atom stereocenters. The van der Waals surface area contributed by atoms with Crippen molar-refractivity contribution in [2.45, 2.75) is 25.7 Å². The third kappa shape index (κ3) is 3.66. The molecule has 0 bridgehead atoms. The maximum absolute atomic E-state index is 13.4. The Bertz CT molecular complexity index is 454. The topological polar surface area (TPSA) is 29.1 Å². The third-order valence-corrected chi connectivity index (χ3v) is 3.83. The summed E-state index contributed by atoms with van der Waals surface area (Å²) in [5.74, 6) is -1.16. The zero-order valence-electron chi connectivity index (χ0n) is 10.5. The molecule has 104 valence electrons. The van der Waals surface area contributed by atoms with Crippen LogP contribution in [-0.2, 0) is 11.2 Å². The van der Waals surface area contributed by atoms with Gasteiger partial charge >= 0.3 is 0 Å². The van der Waals surface area contributed by atoms with Crippen molar-refractivity contribution in [2.75, 3.05) is 12.4 Å². The van der Waals surface area contributed by atoms with E-state index >= 15 is 0 Å². The summed E-state index contributed by atoms with van der Waals surface area (Å²) in [5.41, 5.74) is -0.0623. The van der Waals surface area contributed by atoms with E-state index in [2.05, 4.69) is 5.32 Å². The van der Waals surface area contributed by atoms with Gasteiger partial charge in [-0.1, -0.05) is 6.07 Å². The van der Waals surface area contributed by atoms with Crippen molar-refractivity contribution in [1.82, 2.24) is 5.32 Å².